The van der Waals surface area contributed by atoms with Crippen LogP contribution in [-0.4, -0.2) is 4.98 Å². The van der Waals surface area contributed by atoms with Crippen molar-refractivity contribution >= 4 is 27.0 Å². The van der Waals surface area contributed by atoms with Gasteiger partial charge in [-0.15, -0.1) is 0 Å². The second kappa shape index (κ2) is 3.96. The van der Waals surface area contributed by atoms with Crippen LogP contribution in [0.4, 0.5) is 4.39 Å². The Labute approximate surface area is 105 Å². The first-order valence-electron chi connectivity index (χ1n) is 5.05. The quantitative estimate of drug-likeness (QED) is 0.664. The molecule has 0 saturated carbocycles. The fraction of sp³-hybridized carbons (Fsp3) is 0. The summed E-state index contributed by atoms with van der Waals surface area (Å²) in [7, 11) is 0. The molecule has 17 heavy (non-hydrogen) atoms. The average Bonchev–Trinajstić information content (AvgIpc) is 2.74. The van der Waals surface area contributed by atoms with E-state index in [1.807, 2.05) is 30.3 Å². The van der Waals surface area contributed by atoms with E-state index in [0.717, 1.165) is 5.56 Å². The predicted octanol–water partition coefficient (Wildman–Crippen LogP) is 4.40. The van der Waals surface area contributed by atoms with E-state index < -0.39 is 0 Å². The molecule has 0 aliphatic carbocycles. The maximum atomic E-state index is 13.2. The second-order valence-electron chi connectivity index (χ2n) is 3.62. The molecular formula is C13H7BrFNO. The highest BCUT2D eigenvalue weighted by Crippen LogP contribution is 2.30. The Bertz CT molecular complexity index is 678. The Morgan fingerprint density at radius 3 is 2.65 bits per heavy atom. The third-order valence-corrected chi connectivity index (χ3v) is 3.02. The fourth-order valence-electron chi connectivity index (χ4n) is 1.66. The van der Waals surface area contributed by atoms with E-state index in [1.165, 1.54) is 12.1 Å². The molecule has 0 N–H and O–H groups in total. The molecule has 1 heterocycles. The van der Waals surface area contributed by atoms with Gasteiger partial charge in [-0.3, -0.25) is 0 Å². The molecule has 1 aromatic heterocycles. The molecule has 2 aromatic carbocycles. The van der Waals surface area contributed by atoms with Gasteiger partial charge in [-0.2, -0.15) is 0 Å². The van der Waals surface area contributed by atoms with Gasteiger partial charge in [0.05, 0.1) is 4.47 Å². The summed E-state index contributed by atoms with van der Waals surface area (Å²) in [6.07, 6.45) is 0. The van der Waals surface area contributed by atoms with Gasteiger partial charge in [0, 0.05) is 11.6 Å². The summed E-state index contributed by atoms with van der Waals surface area (Å²) in [5.41, 5.74) is 1.94. The summed E-state index contributed by atoms with van der Waals surface area (Å²) in [5, 5.41) is 0. The standard InChI is InChI=1S/C13H7BrFNO/c14-10-6-9(15)7-11-12(10)17-13(16-11)8-4-2-1-3-5-8/h1-7H. The number of hydrogen-bond donors (Lipinski definition) is 0. The van der Waals surface area contributed by atoms with Crippen LogP contribution in [0.5, 0.6) is 0 Å². The second-order valence-corrected chi connectivity index (χ2v) is 4.48. The number of nitrogens with zero attached hydrogens (tertiary/aromatic N) is 1. The van der Waals surface area contributed by atoms with Crippen LogP contribution in [0.25, 0.3) is 22.6 Å². The Morgan fingerprint density at radius 2 is 1.88 bits per heavy atom. The van der Waals surface area contributed by atoms with Gasteiger partial charge >= 0.3 is 0 Å². The third kappa shape index (κ3) is 1.85. The summed E-state index contributed by atoms with van der Waals surface area (Å²) in [6.45, 7) is 0. The van der Waals surface area contributed by atoms with Gasteiger partial charge in [-0.05, 0) is 34.1 Å². The molecule has 0 spiro atoms. The molecule has 0 saturated heterocycles. The highest BCUT2D eigenvalue weighted by molar-refractivity contribution is 9.10. The van der Waals surface area contributed by atoms with E-state index in [-0.39, 0.29) is 5.82 Å². The first-order valence-corrected chi connectivity index (χ1v) is 5.84. The minimum atomic E-state index is -0.336. The lowest BCUT2D eigenvalue weighted by atomic mass is 10.2. The van der Waals surface area contributed by atoms with E-state index in [4.69, 9.17) is 4.42 Å². The number of halogens is 2. The number of hydrogen-bond acceptors (Lipinski definition) is 2. The Morgan fingerprint density at radius 1 is 1.12 bits per heavy atom. The van der Waals surface area contributed by atoms with Crippen molar-refractivity contribution in [2.24, 2.45) is 0 Å². The fourth-order valence-corrected chi connectivity index (χ4v) is 2.17. The van der Waals surface area contributed by atoms with E-state index in [1.54, 1.807) is 0 Å². The van der Waals surface area contributed by atoms with Crippen LogP contribution in [0.2, 0.25) is 0 Å². The number of benzene rings is 2. The molecule has 0 radical (unpaired) electrons. The molecule has 0 amide bonds. The lowest BCUT2D eigenvalue weighted by Gasteiger charge is -1.92. The van der Waals surface area contributed by atoms with Crippen molar-refractivity contribution in [3.05, 3.63) is 52.8 Å². The van der Waals surface area contributed by atoms with Gasteiger partial charge in [0.1, 0.15) is 11.3 Å². The van der Waals surface area contributed by atoms with Gasteiger partial charge in [0.15, 0.2) is 5.58 Å². The zero-order valence-corrected chi connectivity index (χ0v) is 10.2. The number of oxazole rings is 1. The van der Waals surface area contributed by atoms with Crippen molar-refractivity contribution in [3.63, 3.8) is 0 Å². The summed E-state index contributed by atoms with van der Waals surface area (Å²) in [5.74, 6) is 0.157. The van der Waals surface area contributed by atoms with Crippen LogP contribution in [0.1, 0.15) is 0 Å². The normalized spacial score (nSPS) is 10.9. The third-order valence-electron chi connectivity index (χ3n) is 2.43. The largest absolute Gasteiger partial charge is 0.435 e. The lowest BCUT2D eigenvalue weighted by molar-refractivity contribution is 0.611. The molecule has 0 aliphatic rings. The minimum absolute atomic E-state index is 0.336. The molecule has 0 aliphatic heterocycles. The van der Waals surface area contributed by atoms with Crippen LogP contribution < -0.4 is 0 Å². The highest BCUT2D eigenvalue weighted by atomic mass is 79.9. The van der Waals surface area contributed by atoms with E-state index in [9.17, 15) is 4.39 Å². The van der Waals surface area contributed by atoms with Crippen molar-refractivity contribution in [2.45, 2.75) is 0 Å². The van der Waals surface area contributed by atoms with Crippen LogP contribution in [0.3, 0.4) is 0 Å². The van der Waals surface area contributed by atoms with Crippen molar-refractivity contribution < 1.29 is 8.81 Å². The number of rotatable bonds is 1. The zero-order chi connectivity index (χ0) is 11.8. The Balaban J connectivity index is 2.24. The van der Waals surface area contributed by atoms with E-state index in [2.05, 4.69) is 20.9 Å². The zero-order valence-electron chi connectivity index (χ0n) is 8.65. The average molecular weight is 292 g/mol. The van der Waals surface area contributed by atoms with Crippen LogP contribution >= 0.6 is 15.9 Å². The molecule has 3 rings (SSSR count). The SMILES string of the molecule is Fc1cc(Br)c2oc(-c3ccccc3)nc2c1. The van der Waals surface area contributed by atoms with Gasteiger partial charge in [0.2, 0.25) is 5.89 Å². The van der Waals surface area contributed by atoms with E-state index >= 15 is 0 Å². The van der Waals surface area contributed by atoms with Crippen LogP contribution in [0, 0.1) is 5.82 Å². The molecule has 0 atom stereocenters. The predicted molar refractivity (Wildman–Crippen MR) is 67.1 cm³/mol. The highest BCUT2D eigenvalue weighted by Gasteiger charge is 2.11. The lowest BCUT2D eigenvalue weighted by Crippen LogP contribution is -1.76. The maximum absolute atomic E-state index is 13.2. The monoisotopic (exact) mass is 291 g/mol. The summed E-state index contributed by atoms with van der Waals surface area (Å²) < 4.78 is 19.4. The number of aromatic nitrogens is 1. The summed E-state index contributed by atoms with van der Waals surface area (Å²) in [6, 6.07) is 12.2. The molecule has 84 valence electrons. The smallest absolute Gasteiger partial charge is 0.227 e. The van der Waals surface area contributed by atoms with Crippen molar-refractivity contribution in [1.29, 1.82) is 0 Å². The van der Waals surface area contributed by atoms with Gasteiger partial charge < -0.3 is 4.42 Å². The van der Waals surface area contributed by atoms with Crippen LogP contribution in [-0.2, 0) is 0 Å². The molecule has 2 nitrogen and oxygen atoms in total. The topological polar surface area (TPSA) is 26.0 Å². The van der Waals surface area contributed by atoms with Gasteiger partial charge in [-0.25, -0.2) is 9.37 Å². The van der Waals surface area contributed by atoms with E-state index in [0.29, 0.717) is 21.5 Å². The first kappa shape index (κ1) is 10.5. The Hall–Kier alpha value is -1.68. The van der Waals surface area contributed by atoms with Crippen molar-refractivity contribution in [3.8, 4) is 11.5 Å². The summed E-state index contributed by atoms with van der Waals surface area (Å²) >= 11 is 3.26. The Kier molecular flexibility index (Phi) is 2.44. The molecule has 0 unspecified atom stereocenters. The molecule has 4 heteroatoms. The van der Waals surface area contributed by atoms with Gasteiger partial charge in [-0.1, -0.05) is 18.2 Å². The molecule has 3 aromatic rings. The molecule has 0 fully saturated rings. The van der Waals surface area contributed by atoms with Gasteiger partial charge in [0.25, 0.3) is 0 Å². The van der Waals surface area contributed by atoms with Crippen molar-refractivity contribution in [2.75, 3.05) is 0 Å². The molecule has 0 bridgehead atoms. The maximum Gasteiger partial charge on any atom is 0.227 e. The van der Waals surface area contributed by atoms with Crippen molar-refractivity contribution in [1.82, 2.24) is 4.98 Å². The summed E-state index contributed by atoms with van der Waals surface area (Å²) in [4.78, 5) is 4.27. The first-order chi connectivity index (χ1) is 8.24. The van der Waals surface area contributed by atoms with Crippen LogP contribution in [0.15, 0.2) is 51.4 Å². The minimum Gasteiger partial charge on any atom is -0.435 e. The molecular weight excluding hydrogens is 285 g/mol. The number of fused-ring (bicyclic) bond motifs is 1.